The molecule has 2 aromatic carbocycles. The minimum absolute atomic E-state index is 0.358. The molecule has 0 aliphatic carbocycles. The summed E-state index contributed by atoms with van der Waals surface area (Å²) in [6.07, 6.45) is 1.78. The molecule has 0 fully saturated rings. The molecule has 2 N–H and O–H groups in total. The molecule has 0 saturated heterocycles. The van der Waals surface area contributed by atoms with Crippen molar-refractivity contribution in [2.24, 2.45) is 5.92 Å². The van der Waals surface area contributed by atoms with Crippen LogP contribution in [0.1, 0.15) is 54.3 Å². The van der Waals surface area contributed by atoms with Gasteiger partial charge in [0.2, 0.25) is 0 Å². The quantitative estimate of drug-likeness (QED) is 0.527. The van der Waals surface area contributed by atoms with Crippen molar-refractivity contribution in [1.82, 2.24) is 10.9 Å². The van der Waals surface area contributed by atoms with Crippen molar-refractivity contribution in [3.8, 4) is 11.5 Å². The van der Waals surface area contributed by atoms with Gasteiger partial charge in [-0.05, 0) is 65.0 Å². The standard InChI is InChI=1S/C22H27BrN2O4/c1-4-12-28-19-8-6-5-7-17(19)22(27)25-24-21(26)16-9-10-20(18(23)14-16)29-13-11-15(2)3/h5-10,14-15H,4,11-13H2,1-3H3,(H,24,26)(H,25,27). The summed E-state index contributed by atoms with van der Waals surface area (Å²) in [5.74, 6) is 0.831. The highest BCUT2D eigenvalue weighted by Crippen LogP contribution is 2.26. The first-order chi connectivity index (χ1) is 13.9. The molecule has 0 spiro atoms. The lowest BCUT2D eigenvalue weighted by Gasteiger charge is -2.13. The van der Waals surface area contributed by atoms with Gasteiger partial charge in [-0.1, -0.05) is 32.9 Å². The summed E-state index contributed by atoms with van der Waals surface area (Å²) < 4.78 is 12.0. The van der Waals surface area contributed by atoms with Gasteiger partial charge >= 0.3 is 0 Å². The van der Waals surface area contributed by atoms with E-state index < -0.39 is 11.8 Å². The Labute approximate surface area is 180 Å². The first-order valence-electron chi connectivity index (χ1n) is 9.67. The largest absolute Gasteiger partial charge is 0.493 e. The number of benzene rings is 2. The van der Waals surface area contributed by atoms with Crippen LogP contribution in [0.3, 0.4) is 0 Å². The zero-order valence-corrected chi connectivity index (χ0v) is 18.5. The molecule has 6 nitrogen and oxygen atoms in total. The maximum atomic E-state index is 12.4. The fourth-order valence-corrected chi connectivity index (χ4v) is 2.90. The third-order valence-corrected chi connectivity index (χ3v) is 4.65. The molecular formula is C22H27BrN2O4. The number of hydrogen-bond donors (Lipinski definition) is 2. The Balaban J connectivity index is 1.95. The number of rotatable bonds is 9. The van der Waals surface area contributed by atoms with Gasteiger partial charge in [-0.2, -0.15) is 0 Å². The molecule has 0 heterocycles. The SMILES string of the molecule is CCCOc1ccccc1C(=O)NNC(=O)c1ccc(OCCC(C)C)c(Br)c1. The number of hydrazine groups is 1. The molecule has 2 rings (SSSR count). The fourth-order valence-electron chi connectivity index (χ4n) is 2.41. The molecule has 7 heteroatoms. The molecule has 0 atom stereocenters. The zero-order chi connectivity index (χ0) is 21.2. The van der Waals surface area contributed by atoms with Gasteiger partial charge in [-0.15, -0.1) is 0 Å². The Morgan fingerprint density at radius 3 is 2.34 bits per heavy atom. The lowest BCUT2D eigenvalue weighted by atomic mass is 10.1. The molecule has 0 aliphatic heterocycles. The van der Waals surface area contributed by atoms with Crippen molar-refractivity contribution in [3.63, 3.8) is 0 Å². The molecule has 29 heavy (non-hydrogen) atoms. The van der Waals surface area contributed by atoms with E-state index in [1.165, 1.54) is 0 Å². The van der Waals surface area contributed by atoms with Crippen molar-refractivity contribution in [2.75, 3.05) is 13.2 Å². The molecule has 0 radical (unpaired) electrons. The highest BCUT2D eigenvalue weighted by molar-refractivity contribution is 9.10. The molecule has 0 aromatic heterocycles. The van der Waals surface area contributed by atoms with E-state index >= 15 is 0 Å². The van der Waals surface area contributed by atoms with E-state index in [2.05, 4.69) is 40.6 Å². The molecule has 0 bridgehead atoms. The second-order valence-corrected chi connectivity index (χ2v) is 7.78. The van der Waals surface area contributed by atoms with Crippen molar-refractivity contribution >= 4 is 27.7 Å². The maximum Gasteiger partial charge on any atom is 0.273 e. The van der Waals surface area contributed by atoms with Crippen LogP contribution in [-0.2, 0) is 0 Å². The van der Waals surface area contributed by atoms with E-state index in [-0.39, 0.29) is 0 Å². The number of nitrogens with one attached hydrogen (secondary N) is 2. The number of carbonyl (C=O) groups excluding carboxylic acids is 2. The minimum atomic E-state index is -0.447. The average molecular weight is 463 g/mol. The van der Waals surface area contributed by atoms with Crippen LogP contribution in [0.4, 0.5) is 0 Å². The van der Waals surface area contributed by atoms with Gasteiger partial charge in [-0.25, -0.2) is 0 Å². The monoisotopic (exact) mass is 462 g/mol. The summed E-state index contributed by atoms with van der Waals surface area (Å²) in [4.78, 5) is 24.8. The molecule has 2 amide bonds. The molecule has 2 aromatic rings. The Kier molecular flexibility index (Phi) is 8.99. The highest BCUT2D eigenvalue weighted by Gasteiger charge is 2.14. The van der Waals surface area contributed by atoms with Gasteiger partial charge in [-0.3, -0.25) is 20.4 Å². The predicted molar refractivity (Wildman–Crippen MR) is 116 cm³/mol. The third-order valence-electron chi connectivity index (χ3n) is 4.03. The normalized spacial score (nSPS) is 10.5. The average Bonchev–Trinajstić information content (AvgIpc) is 2.71. The number of carbonyl (C=O) groups is 2. The van der Waals surface area contributed by atoms with Crippen LogP contribution in [0.15, 0.2) is 46.9 Å². The van der Waals surface area contributed by atoms with Crippen molar-refractivity contribution < 1.29 is 19.1 Å². The van der Waals surface area contributed by atoms with Gasteiger partial charge in [0, 0.05) is 5.56 Å². The van der Waals surface area contributed by atoms with Gasteiger partial charge in [0.1, 0.15) is 11.5 Å². The van der Waals surface area contributed by atoms with Crippen molar-refractivity contribution in [2.45, 2.75) is 33.6 Å². The Morgan fingerprint density at radius 2 is 1.66 bits per heavy atom. The summed E-state index contributed by atoms with van der Waals surface area (Å²) in [5, 5.41) is 0. The second-order valence-electron chi connectivity index (χ2n) is 6.93. The van der Waals surface area contributed by atoms with E-state index in [4.69, 9.17) is 9.47 Å². The van der Waals surface area contributed by atoms with Crippen molar-refractivity contribution in [1.29, 1.82) is 0 Å². The number of hydrogen-bond acceptors (Lipinski definition) is 4. The summed E-state index contributed by atoms with van der Waals surface area (Å²) in [6, 6.07) is 11.9. The topological polar surface area (TPSA) is 76.7 Å². The van der Waals surface area contributed by atoms with E-state index in [0.29, 0.717) is 46.2 Å². The molecule has 0 unspecified atom stereocenters. The first-order valence-corrected chi connectivity index (χ1v) is 10.5. The summed E-state index contributed by atoms with van der Waals surface area (Å²) in [7, 11) is 0. The third kappa shape index (κ3) is 7.09. The predicted octanol–water partition coefficient (Wildman–Crippen LogP) is 4.74. The van der Waals surface area contributed by atoms with Crippen LogP contribution >= 0.6 is 15.9 Å². The lowest BCUT2D eigenvalue weighted by Crippen LogP contribution is -2.41. The van der Waals surface area contributed by atoms with Crippen LogP contribution in [0, 0.1) is 5.92 Å². The van der Waals surface area contributed by atoms with E-state index in [0.717, 1.165) is 12.8 Å². The van der Waals surface area contributed by atoms with Gasteiger partial charge in [0.25, 0.3) is 11.8 Å². The number of para-hydroxylation sites is 1. The highest BCUT2D eigenvalue weighted by atomic mass is 79.9. The number of ether oxygens (including phenoxy) is 2. The van der Waals surface area contributed by atoms with Crippen LogP contribution in [0.2, 0.25) is 0 Å². The Morgan fingerprint density at radius 1 is 0.966 bits per heavy atom. The molecule has 0 aliphatic rings. The lowest BCUT2D eigenvalue weighted by molar-refractivity contribution is 0.0844. The summed E-state index contributed by atoms with van der Waals surface area (Å²) in [5.41, 5.74) is 5.61. The van der Waals surface area contributed by atoms with Crippen LogP contribution in [0.5, 0.6) is 11.5 Å². The van der Waals surface area contributed by atoms with Gasteiger partial charge in [0.05, 0.1) is 23.2 Å². The Bertz CT molecular complexity index is 839. The fraction of sp³-hybridized carbons (Fsp3) is 0.364. The van der Waals surface area contributed by atoms with E-state index in [1.807, 2.05) is 6.92 Å². The second kappa shape index (κ2) is 11.5. The summed E-state index contributed by atoms with van der Waals surface area (Å²) in [6.45, 7) is 7.37. The zero-order valence-electron chi connectivity index (χ0n) is 17.0. The Hall–Kier alpha value is -2.54. The van der Waals surface area contributed by atoms with Crippen molar-refractivity contribution in [3.05, 3.63) is 58.1 Å². The first kappa shape index (κ1) is 22.7. The van der Waals surface area contributed by atoms with Crippen LogP contribution in [0.25, 0.3) is 0 Å². The number of halogens is 1. The van der Waals surface area contributed by atoms with Crippen LogP contribution in [-0.4, -0.2) is 25.0 Å². The molecular weight excluding hydrogens is 436 g/mol. The number of amides is 2. The van der Waals surface area contributed by atoms with Gasteiger partial charge < -0.3 is 9.47 Å². The minimum Gasteiger partial charge on any atom is -0.493 e. The molecule has 0 saturated carbocycles. The smallest absolute Gasteiger partial charge is 0.273 e. The van der Waals surface area contributed by atoms with E-state index in [9.17, 15) is 9.59 Å². The summed E-state index contributed by atoms with van der Waals surface area (Å²) >= 11 is 3.42. The van der Waals surface area contributed by atoms with Crippen LogP contribution < -0.4 is 20.3 Å². The van der Waals surface area contributed by atoms with E-state index in [1.54, 1.807) is 42.5 Å². The van der Waals surface area contributed by atoms with Gasteiger partial charge in [0.15, 0.2) is 0 Å². The molecule has 156 valence electrons. The maximum absolute atomic E-state index is 12.4.